The molecule has 0 amide bonds. The maximum absolute atomic E-state index is 5.24. The summed E-state index contributed by atoms with van der Waals surface area (Å²) in [7, 11) is 3.88. The fourth-order valence-electron chi connectivity index (χ4n) is 2.18. The summed E-state index contributed by atoms with van der Waals surface area (Å²) < 4.78 is 5.24. The van der Waals surface area contributed by atoms with E-state index in [0.717, 1.165) is 24.5 Å². The van der Waals surface area contributed by atoms with Crippen molar-refractivity contribution in [2.75, 3.05) is 26.5 Å². The van der Waals surface area contributed by atoms with Gasteiger partial charge in [-0.25, -0.2) is 0 Å². The Morgan fingerprint density at radius 1 is 1.53 bits per heavy atom. The third kappa shape index (κ3) is 1.99. The Labute approximate surface area is 96.6 Å². The van der Waals surface area contributed by atoms with Crippen molar-refractivity contribution in [3.63, 3.8) is 0 Å². The summed E-state index contributed by atoms with van der Waals surface area (Å²) in [5, 5.41) is 0. The normalized spacial score (nSPS) is 21.1. The van der Waals surface area contributed by atoms with Crippen molar-refractivity contribution in [2.45, 2.75) is 12.5 Å². The molecule has 1 aromatic carbocycles. The number of hydrogen-bond acceptors (Lipinski definition) is 3. The lowest BCUT2D eigenvalue weighted by Gasteiger charge is -2.33. The van der Waals surface area contributed by atoms with Gasteiger partial charge in [0.2, 0.25) is 0 Å². The number of likely N-dealkylation sites (N-methyl/N-ethyl adjacent to an activating group) is 1. The van der Waals surface area contributed by atoms with Crippen LogP contribution in [0.4, 0.5) is 0 Å². The maximum Gasteiger partial charge on any atom is 0.119 e. The van der Waals surface area contributed by atoms with Gasteiger partial charge in [-0.3, -0.25) is 4.90 Å². The van der Waals surface area contributed by atoms with E-state index in [2.05, 4.69) is 36.7 Å². The highest BCUT2D eigenvalue weighted by molar-refractivity contribution is 7.80. The van der Waals surface area contributed by atoms with Gasteiger partial charge in [0.15, 0.2) is 0 Å². The molecular weight excluding hydrogens is 206 g/mol. The van der Waals surface area contributed by atoms with Crippen LogP contribution >= 0.6 is 12.6 Å². The van der Waals surface area contributed by atoms with Gasteiger partial charge in [0, 0.05) is 18.3 Å². The number of thiol groups is 1. The van der Waals surface area contributed by atoms with Gasteiger partial charge in [0.25, 0.3) is 0 Å². The molecular formula is C12H17NOS. The van der Waals surface area contributed by atoms with Gasteiger partial charge in [0.05, 0.1) is 7.11 Å². The number of ether oxygens (including phenoxy) is 1. The molecule has 1 atom stereocenters. The Kier molecular flexibility index (Phi) is 3.22. The third-order valence-corrected chi connectivity index (χ3v) is 3.49. The molecule has 0 aliphatic carbocycles. The van der Waals surface area contributed by atoms with Crippen molar-refractivity contribution in [3.8, 4) is 5.75 Å². The zero-order chi connectivity index (χ0) is 10.8. The van der Waals surface area contributed by atoms with Crippen molar-refractivity contribution in [2.24, 2.45) is 0 Å². The smallest absolute Gasteiger partial charge is 0.119 e. The van der Waals surface area contributed by atoms with Gasteiger partial charge >= 0.3 is 0 Å². The molecule has 1 aliphatic heterocycles. The highest BCUT2D eigenvalue weighted by Gasteiger charge is 2.23. The molecule has 1 aromatic rings. The summed E-state index contributed by atoms with van der Waals surface area (Å²) in [4.78, 5) is 2.36. The van der Waals surface area contributed by atoms with Crippen molar-refractivity contribution in [1.82, 2.24) is 4.90 Å². The summed E-state index contributed by atoms with van der Waals surface area (Å²) >= 11 is 4.42. The molecule has 0 aromatic heterocycles. The minimum Gasteiger partial charge on any atom is -0.497 e. The molecule has 2 nitrogen and oxygen atoms in total. The fraction of sp³-hybridized carbons (Fsp3) is 0.500. The number of benzene rings is 1. The van der Waals surface area contributed by atoms with Gasteiger partial charge in [0.1, 0.15) is 5.75 Å². The van der Waals surface area contributed by atoms with Crippen LogP contribution < -0.4 is 4.74 Å². The molecule has 2 rings (SSSR count). The molecule has 1 aliphatic rings. The summed E-state index contributed by atoms with van der Waals surface area (Å²) in [5.74, 6) is 1.83. The largest absolute Gasteiger partial charge is 0.497 e. The first-order valence-corrected chi connectivity index (χ1v) is 5.87. The molecule has 0 fully saturated rings. The summed E-state index contributed by atoms with van der Waals surface area (Å²) in [6.07, 6.45) is 1.10. The van der Waals surface area contributed by atoms with E-state index in [1.54, 1.807) is 7.11 Å². The van der Waals surface area contributed by atoms with E-state index >= 15 is 0 Å². The van der Waals surface area contributed by atoms with Gasteiger partial charge in [-0.2, -0.15) is 12.6 Å². The van der Waals surface area contributed by atoms with Crippen LogP contribution in [0, 0.1) is 0 Å². The van der Waals surface area contributed by atoms with Crippen LogP contribution in [0.25, 0.3) is 0 Å². The van der Waals surface area contributed by atoms with E-state index in [9.17, 15) is 0 Å². The summed E-state index contributed by atoms with van der Waals surface area (Å²) in [6.45, 7) is 1.10. The summed E-state index contributed by atoms with van der Waals surface area (Å²) in [5.41, 5.74) is 2.81. The van der Waals surface area contributed by atoms with Crippen molar-refractivity contribution in [3.05, 3.63) is 29.3 Å². The van der Waals surface area contributed by atoms with Crippen LogP contribution in [0.2, 0.25) is 0 Å². The molecule has 0 bridgehead atoms. The molecule has 1 unspecified atom stereocenters. The number of hydrogen-bond donors (Lipinski definition) is 1. The maximum atomic E-state index is 5.24. The fourth-order valence-corrected chi connectivity index (χ4v) is 2.65. The zero-order valence-electron chi connectivity index (χ0n) is 9.23. The molecule has 3 heteroatoms. The molecule has 0 spiro atoms. The average Bonchev–Trinajstić information content (AvgIpc) is 2.28. The van der Waals surface area contributed by atoms with Crippen LogP contribution in [0.3, 0.4) is 0 Å². The molecule has 0 saturated heterocycles. The van der Waals surface area contributed by atoms with E-state index < -0.39 is 0 Å². The lowest BCUT2D eigenvalue weighted by atomic mass is 9.94. The second-order valence-electron chi connectivity index (χ2n) is 3.99. The van der Waals surface area contributed by atoms with Crippen LogP contribution in [-0.2, 0) is 6.42 Å². The van der Waals surface area contributed by atoms with Crippen LogP contribution in [-0.4, -0.2) is 31.4 Å². The third-order valence-electron chi connectivity index (χ3n) is 3.15. The minimum atomic E-state index is 0.447. The van der Waals surface area contributed by atoms with Gasteiger partial charge in [-0.15, -0.1) is 0 Å². The van der Waals surface area contributed by atoms with Gasteiger partial charge in [-0.05, 0) is 36.7 Å². The second-order valence-corrected chi connectivity index (χ2v) is 4.36. The standard InChI is InChI=1S/C12H17NOS/c1-13-6-5-9-7-10(14-2)3-4-11(9)12(13)8-15/h3-4,7,12,15H,5-6,8H2,1-2H3. The first-order valence-electron chi connectivity index (χ1n) is 5.24. The Balaban J connectivity index is 2.38. The highest BCUT2D eigenvalue weighted by atomic mass is 32.1. The number of methoxy groups -OCH3 is 1. The molecule has 15 heavy (non-hydrogen) atoms. The van der Waals surface area contributed by atoms with Crippen LogP contribution in [0.5, 0.6) is 5.75 Å². The number of fused-ring (bicyclic) bond motifs is 1. The van der Waals surface area contributed by atoms with E-state index in [0.29, 0.717) is 6.04 Å². The quantitative estimate of drug-likeness (QED) is 0.771. The molecule has 0 N–H and O–H groups in total. The molecule has 0 radical (unpaired) electrons. The Morgan fingerprint density at radius 2 is 2.33 bits per heavy atom. The lowest BCUT2D eigenvalue weighted by Crippen LogP contribution is -2.33. The van der Waals surface area contributed by atoms with E-state index in [1.807, 2.05) is 6.07 Å². The lowest BCUT2D eigenvalue weighted by molar-refractivity contribution is 0.251. The predicted molar refractivity (Wildman–Crippen MR) is 65.9 cm³/mol. The van der Waals surface area contributed by atoms with E-state index in [4.69, 9.17) is 4.74 Å². The molecule has 0 saturated carbocycles. The Hall–Kier alpha value is -0.670. The van der Waals surface area contributed by atoms with Crippen LogP contribution in [0.15, 0.2) is 18.2 Å². The molecule has 82 valence electrons. The van der Waals surface area contributed by atoms with Crippen molar-refractivity contribution < 1.29 is 4.74 Å². The first-order chi connectivity index (χ1) is 7.26. The predicted octanol–water partition coefficient (Wildman–Crippen LogP) is 2.15. The topological polar surface area (TPSA) is 12.5 Å². The Bertz CT molecular complexity index is 353. The van der Waals surface area contributed by atoms with Gasteiger partial charge < -0.3 is 4.74 Å². The second kappa shape index (κ2) is 4.45. The zero-order valence-corrected chi connectivity index (χ0v) is 10.1. The first kappa shape index (κ1) is 10.8. The minimum absolute atomic E-state index is 0.447. The SMILES string of the molecule is COc1ccc2c(c1)CCN(C)C2CS. The van der Waals surface area contributed by atoms with Gasteiger partial charge in [-0.1, -0.05) is 6.07 Å². The highest BCUT2D eigenvalue weighted by Crippen LogP contribution is 2.31. The Morgan fingerprint density at radius 3 is 3.00 bits per heavy atom. The molecule has 1 heterocycles. The average molecular weight is 223 g/mol. The van der Waals surface area contributed by atoms with E-state index in [1.165, 1.54) is 11.1 Å². The number of rotatable bonds is 2. The van der Waals surface area contributed by atoms with Crippen LogP contribution in [0.1, 0.15) is 17.2 Å². The summed E-state index contributed by atoms with van der Waals surface area (Å²) in [6, 6.07) is 6.81. The number of nitrogens with zero attached hydrogens (tertiary/aromatic N) is 1. The van der Waals surface area contributed by atoms with Crippen molar-refractivity contribution >= 4 is 12.6 Å². The van der Waals surface area contributed by atoms with Crippen molar-refractivity contribution in [1.29, 1.82) is 0 Å². The van der Waals surface area contributed by atoms with E-state index in [-0.39, 0.29) is 0 Å². The monoisotopic (exact) mass is 223 g/mol.